The molecule has 2 aliphatic rings. The predicted octanol–water partition coefficient (Wildman–Crippen LogP) is 2.62. The summed E-state index contributed by atoms with van der Waals surface area (Å²) in [7, 11) is 0. The molecule has 1 aliphatic heterocycles. The van der Waals surface area contributed by atoms with E-state index in [9.17, 15) is 18.8 Å². The molecule has 3 rings (SSSR count). The van der Waals surface area contributed by atoms with Crippen LogP contribution < -0.4 is 10.2 Å². The van der Waals surface area contributed by atoms with Gasteiger partial charge in [-0.15, -0.1) is 0 Å². The van der Waals surface area contributed by atoms with Crippen molar-refractivity contribution in [2.24, 2.45) is 5.41 Å². The normalized spacial score (nSPS) is 21.0. The highest BCUT2D eigenvalue weighted by Gasteiger charge is 2.55. The predicted molar refractivity (Wildman–Crippen MR) is 73.3 cm³/mol. The van der Waals surface area contributed by atoms with Crippen molar-refractivity contribution in [2.45, 2.75) is 25.7 Å². The minimum Gasteiger partial charge on any atom is -0.276 e. The standard InChI is InChI=1S/C14H12ClFN2O3/c15-8-3-4-9(16)10(7-8)18-12(20)14(5-1-2-6-14)11(19)17-13(18)21/h3-4,7H,1-2,5-6H2,(H,17,19,21). The third-order valence-corrected chi connectivity index (χ3v) is 4.31. The second-order valence-electron chi connectivity index (χ2n) is 5.28. The number of urea groups is 1. The number of hydrogen-bond acceptors (Lipinski definition) is 3. The number of rotatable bonds is 1. The van der Waals surface area contributed by atoms with Crippen LogP contribution in [0.25, 0.3) is 0 Å². The van der Waals surface area contributed by atoms with Crippen LogP contribution in [0, 0.1) is 11.2 Å². The summed E-state index contributed by atoms with van der Waals surface area (Å²) in [4.78, 5) is 37.4. The third kappa shape index (κ3) is 2.01. The fraction of sp³-hybridized carbons (Fsp3) is 0.357. The topological polar surface area (TPSA) is 66.5 Å². The summed E-state index contributed by atoms with van der Waals surface area (Å²) in [5.41, 5.74) is -1.49. The van der Waals surface area contributed by atoms with Crippen molar-refractivity contribution in [3.63, 3.8) is 0 Å². The maximum Gasteiger partial charge on any atom is 0.335 e. The molecular weight excluding hydrogens is 299 g/mol. The van der Waals surface area contributed by atoms with Crippen molar-refractivity contribution in [1.29, 1.82) is 0 Å². The molecule has 0 unspecified atom stereocenters. The molecule has 1 N–H and O–H groups in total. The second kappa shape index (κ2) is 4.80. The van der Waals surface area contributed by atoms with Gasteiger partial charge in [0, 0.05) is 5.02 Å². The van der Waals surface area contributed by atoms with Gasteiger partial charge in [-0.2, -0.15) is 0 Å². The molecule has 5 nitrogen and oxygen atoms in total. The number of imide groups is 2. The number of nitrogens with zero attached hydrogens (tertiary/aromatic N) is 1. The SMILES string of the molecule is O=C1NC(=O)C2(CCCC2)C(=O)N1c1cc(Cl)ccc1F. The van der Waals surface area contributed by atoms with Crippen LogP contribution in [-0.2, 0) is 9.59 Å². The number of barbiturate groups is 1. The maximum absolute atomic E-state index is 14.0. The van der Waals surface area contributed by atoms with Gasteiger partial charge >= 0.3 is 6.03 Å². The molecule has 1 heterocycles. The highest BCUT2D eigenvalue weighted by molar-refractivity contribution is 6.32. The third-order valence-electron chi connectivity index (χ3n) is 4.08. The Morgan fingerprint density at radius 2 is 1.86 bits per heavy atom. The van der Waals surface area contributed by atoms with Crippen LogP contribution in [0.4, 0.5) is 14.9 Å². The molecule has 21 heavy (non-hydrogen) atoms. The average molecular weight is 311 g/mol. The van der Waals surface area contributed by atoms with E-state index in [1.807, 2.05) is 0 Å². The van der Waals surface area contributed by atoms with Gasteiger partial charge in [0.05, 0.1) is 5.69 Å². The number of anilines is 1. The first-order chi connectivity index (χ1) is 9.95. The van der Waals surface area contributed by atoms with E-state index in [2.05, 4.69) is 5.32 Å². The van der Waals surface area contributed by atoms with Crippen LogP contribution in [0.3, 0.4) is 0 Å². The summed E-state index contributed by atoms with van der Waals surface area (Å²) in [6.07, 6.45) is 2.17. The molecule has 1 saturated carbocycles. The van der Waals surface area contributed by atoms with E-state index in [4.69, 9.17) is 11.6 Å². The van der Waals surface area contributed by atoms with Gasteiger partial charge in [-0.1, -0.05) is 24.4 Å². The Hall–Kier alpha value is -1.95. The van der Waals surface area contributed by atoms with E-state index in [0.29, 0.717) is 17.7 Å². The Labute approximate surface area is 125 Å². The number of carbonyl (C=O) groups excluding carboxylic acids is 3. The smallest absolute Gasteiger partial charge is 0.276 e. The van der Waals surface area contributed by atoms with Gasteiger partial charge in [-0.05, 0) is 31.0 Å². The lowest BCUT2D eigenvalue weighted by Gasteiger charge is -2.36. The number of hydrogen-bond donors (Lipinski definition) is 1. The largest absolute Gasteiger partial charge is 0.335 e. The van der Waals surface area contributed by atoms with Gasteiger partial charge in [0.25, 0.3) is 5.91 Å². The van der Waals surface area contributed by atoms with Gasteiger partial charge in [-0.25, -0.2) is 14.1 Å². The van der Waals surface area contributed by atoms with Crippen molar-refractivity contribution in [1.82, 2.24) is 5.32 Å². The van der Waals surface area contributed by atoms with Gasteiger partial charge in [0.15, 0.2) is 0 Å². The fourth-order valence-corrected chi connectivity index (χ4v) is 3.14. The fourth-order valence-electron chi connectivity index (χ4n) is 2.97. The number of benzene rings is 1. The van der Waals surface area contributed by atoms with E-state index in [1.165, 1.54) is 12.1 Å². The van der Waals surface area contributed by atoms with Crippen LogP contribution >= 0.6 is 11.6 Å². The zero-order chi connectivity index (χ0) is 15.2. The van der Waals surface area contributed by atoms with Crippen molar-refractivity contribution in [2.75, 3.05) is 4.90 Å². The molecule has 0 aromatic heterocycles. The summed E-state index contributed by atoms with van der Waals surface area (Å²) in [5, 5.41) is 2.35. The highest BCUT2D eigenvalue weighted by atomic mass is 35.5. The van der Waals surface area contributed by atoms with Crippen molar-refractivity contribution >= 4 is 35.1 Å². The van der Waals surface area contributed by atoms with Crippen LogP contribution in [0.2, 0.25) is 5.02 Å². The Balaban J connectivity index is 2.09. The summed E-state index contributed by atoms with van der Waals surface area (Å²) in [6, 6.07) is 2.66. The molecule has 1 saturated heterocycles. The van der Waals surface area contributed by atoms with Gasteiger partial charge in [0.1, 0.15) is 11.2 Å². The molecule has 4 amide bonds. The van der Waals surface area contributed by atoms with E-state index >= 15 is 0 Å². The number of halogens is 2. The number of carbonyl (C=O) groups is 3. The Morgan fingerprint density at radius 3 is 2.52 bits per heavy atom. The van der Waals surface area contributed by atoms with E-state index in [0.717, 1.165) is 18.9 Å². The first-order valence-electron chi connectivity index (χ1n) is 6.61. The zero-order valence-corrected chi connectivity index (χ0v) is 11.7. The number of nitrogens with one attached hydrogen (secondary N) is 1. The minimum atomic E-state index is -1.26. The summed E-state index contributed by atoms with van der Waals surface area (Å²) < 4.78 is 14.0. The highest BCUT2D eigenvalue weighted by Crippen LogP contribution is 2.43. The molecule has 0 atom stereocenters. The van der Waals surface area contributed by atoms with Crippen LogP contribution in [-0.4, -0.2) is 17.8 Å². The Bertz CT molecular complexity index is 656. The van der Waals surface area contributed by atoms with Crippen LogP contribution in [0.1, 0.15) is 25.7 Å². The lowest BCUT2D eigenvalue weighted by molar-refractivity contribution is -0.142. The van der Waals surface area contributed by atoms with E-state index < -0.39 is 29.1 Å². The minimum absolute atomic E-state index is 0.198. The summed E-state index contributed by atoms with van der Waals surface area (Å²) >= 11 is 5.81. The van der Waals surface area contributed by atoms with Gasteiger partial charge < -0.3 is 0 Å². The summed E-state index contributed by atoms with van der Waals surface area (Å²) in [5.74, 6) is -2.01. The molecule has 7 heteroatoms. The van der Waals surface area contributed by atoms with Gasteiger partial charge in [0.2, 0.25) is 5.91 Å². The molecule has 0 bridgehead atoms. The average Bonchev–Trinajstić information content (AvgIpc) is 2.92. The molecule has 1 aliphatic carbocycles. The molecule has 1 spiro atoms. The van der Waals surface area contributed by atoms with Crippen molar-refractivity contribution in [3.8, 4) is 0 Å². The second-order valence-corrected chi connectivity index (χ2v) is 5.72. The van der Waals surface area contributed by atoms with Crippen LogP contribution in [0.5, 0.6) is 0 Å². The Morgan fingerprint density at radius 1 is 1.19 bits per heavy atom. The molecule has 1 aromatic carbocycles. The molecule has 110 valence electrons. The number of amides is 4. The molecule has 0 radical (unpaired) electrons. The van der Waals surface area contributed by atoms with E-state index in [-0.39, 0.29) is 10.7 Å². The monoisotopic (exact) mass is 310 g/mol. The van der Waals surface area contributed by atoms with Crippen molar-refractivity contribution < 1.29 is 18.8 Å². The quantitative estimate of drug-likeness (QED) is 0.811. The van der Waals surface area contributed by atoms with Crippen molar-refractivity contribution in [3.05, 3.63) is 29.0 Å². The Kier molecular flexibility index (Phi) is 3.20. The first kappa shape index (κ1) is 14.0. The lowest BCUT2D eigenvalue weighted by Crippen LogP contribution is -2.63. The molecule has 2 fully saturated rings. The maximum atomic E-state index is 14.0. The summed E-state index contributed by atoms with van der Waals surface area (Å²) in [6.45, 7) is 0. The molecule has 1 aromatic rings. The van der Waals surface area contributed by atoms with Gasteiger partial charge in [-0.3, -0.25) is 14.9 Å². The lowest BCUT2D eigenvalue weighted by atomic mass is 9.82. The van der Waals surface area contributed by atoms with E-state index in [1.54, 1.807) is 0 Å². The molecular formula is C14H12ClFN2O3. The zero-order valence-electron chi connectivity index (χ0n) is 11.0. The first-order valence-corrected chi connectivity index (χ1v) is 6.98. The van der Waals surface area contributed by atoms with Crippen LogP contribution in [0.15, 0.2) is 18.2 Å².